The standard InChI is InChI=1S/C30H38N6O/c1-4-10-28(29-32-33-34-36(29)16-15-23-11-6-5-7-12-23)35(25-13-8-9-14-25)20-24-19-26-22(3)17-21(2)18-27(26)31-30(24)37/h5-7,11-12,17-19,25,28H,4,8-10,13-16,20H2,1-3H3,(H,31,37)/t28-/m1/s1. The van der Waals surface area contributed by atoms with Gasteiger partial charge in [-0.1, -0.05) is 62.6 Å². The van der Waals surface area contributed by atoms with Crippen molar-refractivity contribution in [3.63, 3.8) is 0 Å². The Morgan fingerprint density at radius 3 is 2.65 bits per heavy atom. The number of hydrogen-bond donors (Lipinski definition) is 1. The molecule has 0 amide bonds. The van der Waals surface area contributed by atoms with Crippen LogP contribution in [0.25, 0.3) is 10.9 Å². The highest BCUT2D eigenvalue weighted by molar-refractivity contribution is 5.83. The first kappa shape index (κ1) is 25.3. The predicted molar refractivity (Wildman–Crippen MR) is 147 cm³/mol. The largest absolute Gasteiger partial charge is 0.322 e. The first-order valence-corrected chi connectivity index (χ1v) is 13.7. The molecule has 2 aromatic heterocycles. The fourth-order valence-corrected chi connectivity index (χ4v) is 5.97. The molecule has 37 heavy (non-hydrogen) atoms. The van der Waals surface area contributed by atoms with E-state index >= 15 is 0 Å². The van der Waals surface area contributed by atoms with Crippen LogP contribution >= 0.6 is 0 Å². The number of nitrogens with zero attached hydrogens (tertiary/aromatic N) is 5. The van der Waals surface area contributed by atoms with E-state index < -0.39 is 0 Å². The molecule has 5 rings (SSSR count). The average Bonchev–Trinajstić information content (AvgIpc) is 3.58. The van der Waals surface area contributed by atoms with Gasteiger partial charge in [0, 0.05) is 35.6 Å². The van der Waals surface area contributed by atoms with Gasteiger partial charge in [0.1, 0.15) is 0 Å². The van der Waals surface area contributed by atoms with Crippen molar-refractivity contribution in [2.24, 2.45) is 0 Å². The van der Waals surface area contributed by atoms with Crippen molar-refractivity contribution in [2.45, 2.75) is 90.9 Å². The van der Waals surface area contributed by atoms with Crippen LogP contribution in [0.5, 0.6) is 0 Å². The van der Waals surface area contributed by atoms with E-state index in [0.717, 1.165) is 66.5 Å². The maximum atomic E-state index is 13.3. The third-order valence-corrected chi connectivity index (χ3v) is 7.81. The Kier molecular flexibility index (Phi) is 7.79. The lowest BCUT2D eigenvalue weighted by atomic mass is 10.0. The Labute approximate surface area is 218 Å². The van der Waals surface area contributed by atoms with Crippen LogP contribution in [0.4, 0.5) is 0 Å². The highest BCUT2D eigenvalue weighted by atomic mass is 16.1. The molecule has 0 unspecified atom stereocenters. The molecule has 0 saturated heterocycles. The fraction of sp³-hybridized carbons (Fsp3) is 0.467. The van der Waals surface area contributed by atoms with E-state index in [1.54, 1.807) is 0 Å². The van der Waals surface area contributed by atoms with E-state index in [-0.39, 0.29) is 11.6 Å². The van der Waals surface area contributed by atoms with E-state index in [9.17, 15) is 4.79 Å². The quantitative estimate of drug-likeness (QED) is 0.305. The number of nitrogens with one attached hydrogen (secondary N) is 1. The molecular weight excluding hydrogens is 460 g/mol. The molecule has 7 heteroatoms. The van der Waals surface area contributed by atoms with Gasteiger partial charge in [-0.15, -0.1) is 5.10 Å². The average molecular weight is 499 g/mol. The lowest BCUT2D eigenvalue weighted by Crippen LogP contribution is -2.39. The summed E-state index contributed by atoms with van der Waals surface area (Å²) in [6.07, 6.45) is 7.60. The topological polar surface area (TPSA) is 79.7 Å². The normalized spacial score (nSPS) is 15.1. The third-order valence-electron chi connectivity index (χ3n) is 7.81. The van der Waals surface area contributed by atoms with Crippen molar-refractivity contribution in [1.82, 2.24) is 30.1 Å². The van der Waals surface area contributed by atoms with E-state index in [4.69, 9.17) is 0 Å². The van der Waals surface area contributed by atoms with Crippen LogP contribution in [0.1, 0.15) is 79.6 Å². The van der Waals surface area contributed by atoms with Crippen molar-refractivity contribution < 1.29 is 0 Å². The molecular formula is C30H38N6O. The number of aromatic nitrogens is 5. The maximum absolute atomic E-state index is 13.3. The molecule has 1 fully saturated rings. The molecule has 0 bridgehead atoms. The second kappa shape index (κ2) is 11.4. The zero-order chi connectivity index (χ0) is 25.8. The van der Waals surface area contributed by atoms with Gasteiger partial charge in [-0.05, 0) is 78.8 Å². The molecule has 1 saturated carbocycles. The number of aryl methyl sites for hydroxylation is 4. The molecule has 0 aliphatic heterocycles. The number of benzene rings is 2. The van der Waals surface area contributed by atoms with Gasteiger partial charge in [-0.25, -0.2) is 4.68 Å². The van der Waals surface area contributed by atoms with Gasteiger partial charge in [0.25, 0.3) is 5.56 Å². The number of hydrogen-bond acceptors (Lipinski definition) is 5. The van der Waals surface area contributed by atoms with Crippen molar-refractivity contribution in [3.8, 4) is 0 Å². The number of pyridine rings is 1. The molecule has 194 valence electrons. The summed E-state index contributed by atoms with van der Waals surface area (Å²) in [6.45, 7) is 7.73. The monoisotopic (exact) mass is 498 g/mol. The maximum Gasteiger partial charge on any atom is 0.252 e. The molecule has 1 atom stereocenters. The minimum Gasteiger partial charge on any atom is -0.322 e. The Morgan fingerprint density at radius 1 is 1.11 bits per heavy atom. The lowest BCUT2D eigenvalue weighted by Gasteiger charge is -2.35. The highest BCUT2D eigenvalue weighted by Crippen LogP contribution is 2.34. The Balaban J connectivity index is 1.48. The molecule has 1 aliphatic carbocycles. The van der Waals surface area contributed by atoms with Crippen molar-refractivity contribution in [3.05, 3.63) is 87.0 Å². The van der Waals surface area contributed by atoms with Gasteiger partial charge in [0.2, 0.25) is 0 Å². The van der Waals surface area contributed by atoms with Crippen molar-refractivity contribution >= 4 is 10.9 Å². The van der Waals surface area contributed by atoms with Crippen molar-refractivity contribution in [2.75, 3.05) is 0 Å². The summed E-state index contributed by atoms with van der Waals surface area (Å²) in [7, 11) is 0. The summed E-state index contributed by atoms with van der Waals surface area (Å²) in [5.41, 5.74) is 5.35. The predicted octanol–water partition coefficient (Wildman–Crippen LogP) is 5.66. The SMILES string of the molecule is CCC[C@H](c1nnnn1CCc1ccccc1)N(Cc1cc2c(C)cc(C)cc2[nH]c1=O)C1CCCC1. The zero-order valence-electron chi connectivity index (χ0n) is 22.3. The minimum absolute atomic E-state index is 0.000542. The Hall–Kier alpha value is -3.32. The summed E-state index contributed by atoms with van der Waals surface area (Å²) in [4.78, 5) is 19.0. The molecule has 1 N–H and O–H groups in total. The minimum atomic E-state index is -0.000542. The van der Waals surface area contributed by atoms with Gasteiger partial charge < -0.3 is 4.98 Å². The van der Waals surface area contributed by atoms with Crippen LogP contribution in [-0.2, 0) is 19.5 Å². The summed E-state index contributed by atoms with van der Waals surface area (Å²) in [6, 6.07) is 17.3. The van der Waals surface area contributed by atoms with Gasteiger partial charge in [0.15, 0.2) is 5.82 Å². The summed E-state index contributed by atoms with van der Waals surface area (Å²) < 4.78 is 1.98. The number of fused-ring (bicyclic) bond motifs is 1. The number of tetrazole rings is 1. The van der Waals surface area contributed by atoms with E-state index in [0.29, 0.717) is 12.6 Å². The molecule has 2 aromatic carbocycles. The van der Waals surface area contributed by atoms with E-state index in [1.807, 2.05) is 10.7 Å². The van der Waals surface area contributed by atoms with E-state index in [2.05, 4.69) is 88.6 Å². The van der Waals surface area contributed by atoms with Crippen LogP contribution in [0.2, 0.25) is 0 Å². The smallest absolute Gasteiger partial charge is 0.252 e. The molecule has 7 nitrogen and oxygen atoms in total. The number of aromatic amines is 1. The highest BCUT2D eigenvalue weighted by Gasteiger charge is 2.33. The van der Waals surface area contributed by atoms with E-state index in [1.165, 1.54) is 24.0 Å². The molecule has 0 spiro atoms. The van der Waals surface area contributed by atoms with Gasteiger partial charge in [-0.2, -0.15) is 0 Å². The van der Waals surface area contributed by atoms with Crippen LogP contribution in [0, 0.1) is 13.8 Å². The first-order chi connectivity index (χ1) is 18.0. The second-order valence-corrected chi connectivity index (χ2v) is 10.6. The van der Waals surface area contributed by atoms with Crippen LogP contribution < -0.4 is 5.56 Å². The van der Waals surface area contributed by atoms with Crippen LogP contribution in [0.15, 0.2) is 53.3 Å². The Bertz CT molecular complexity index is 1390. The lowest BCUT2D eigenvalue weighted by molar-refractivity contribution is 0.108. The fourth-order valence-electron chi connectivity index (χ4n) is 5.97. The Morgan fingerprint density at radius 2 is 1.89 bits per heavy atom. The zero-order valence-corrected chi connectivity index (χ0v) is 22.3. The molecule has 2 heterocycles. The summed E-state index contributed by atoms with van der Waals surface area (Å²) in [5.74, 6) is 0.911. The molecule has 1 aliphatic rings. The van der Waals surface area contributed by atoms with Crippen molar-refractivity contribution in [1.29, 1.82) is 0 Å². The number of rotatable bonds is 10. The third kappa shape index (κ3) is 5.67. The van der Waals surface area contributed by atoms with Crippen LogP contribution in [-0.4, -0.2) is 36.1 Å². The number of H-pyrrole nitrogens is 1. The van der Waals surface area contributed by atoms with Crippen LogP contribution in [0.3, 0.4) is 0 Å². The first-order valence-electron chi connectivity index (χ1n) is 13.7. The summed E-state index contributed by atoms with van der Waals surface area (Å²) >= 11 is 0. The summed E-state index contributed by atoms with van der Waals surface area (Å²) in [5, 5.41) is 14.2. The molecule has 4 aromatic rings. The van der Waals surface area contributed by atoms with Gasteiger partial charge >= 0.3 is 0 Å². The van der Waals surface area contributed by atoms with Gasteiger partial charge in [-0.3, -0.25) is 9.69 Å². The molecule has 0 radical (unpaired) electrons. The second-order valence-electron chi connectivity index (χ2n) is 10.6. The van der Waals surface area contributed by atoms with Gasteiger partial charge in [0.05, 0.1) is 6.04 Å².